The fourth-order valence-corrected chi connectivity index (χ4v) is 2.37. The summed E-state index contributed by atoms with van der Waals surface area (Å²) in [6, 6.07) is 0. The van der Waals surface area contributed by atoms with Gasteiger partial charge < -0.3 is 39.6 Å². The van der Waals surface area contributed by atoms with Crippen molar-refractivity contribution in [3.63, 3.8) is 0 Å². The van der Waals surface area contributed by atoms with Crippen LogP contribution in [0.15, 0.2) is 0 Å². The predicted molar refractivity (Wildman–Crippen MR) is 54.6 cm³/mol. The van der Waals surface area contributed by atoms with E-state index in [0.29, 0.717) is 0 Å². The number of carbonyl (C=O) groups excluding carboxylic acids is 1. The number of phosphoric ester groups is 1. The first-order valence-corrected chi connectivity index (χ1v) is 7.73. The van der Waals surface area contributed by atoms with E-state index in [0.717, 1.165) is 0 Å². The van der Waals surface area contributed by atoms with Crippen LogP contribution in [0.2, 0.25) is 0 Å². The van der Waals surface area contributed by atoms with Crippen LogP contribution in [0.3, 0.4) is 0 Å². The third-order valence-electron chi connectivity index (χ3n) is 1.80. The zero-order valence-electron chi connectivity index (χ0n) is 11.6. The van der Waals surface area contributed by atoms with Crippen LogP contribution < -0.4 is 68.9 Å². The molecule has 0 aliphatic heterocycles. The van der Waals surface area contributed by atoms with Gasteiger partial charge in [-0.2, -0.15) is 0 Å². The Morgan fingerprint density at radius 3 is 1.95 bits per heavy atom. The van der Waals surface area contributed by atoms with Gasteiger partial charge in [-0.05, 0) is 0 Å². The molecule has 5 atom stereocenters. The number of aliphatic hydroxyl groups excluding tert-OH is 4. The van der Waals surface area contributed by atoms with Gasteiger partial charge in [0, 0.05) is 0 Å². The van der Waals surface area contributed by atoms with E-state index in [1.54, 1.807) is 0 Å². The number of hydrogen-bond donors (Lipinski definition) is 5. The fraction of sp³-hybridized carbons (Fsp3) is 0.833. The van der Waals surface area contributed by atoms with Gasteiger partial charge in [0.25, 0.3) is 15.6 Å². The van der Waals surface area contributed by atoms with E-state index >= 15 is 0 Å². The molecule has 0 aromatic rings. The van der Waals surface area contributed by atoms with Crippen LogP contribution in [0.1, 0.15) is 0 Å². The van der Waals surface area contributed by atoms with E-state index in [1.807, 2.05) is 0 Å². The molecule has 0 saturated carbocycles. The minimum atomic E-state index is -5.66. The van der Waals surface area contributed by atoms with E-state index in [-0.39, 0.29) is 59.1 Å². The Labute approximate surface area is 168 Å². The fourth-order valence-electron chi connectivity index (χ4n) is 0.887. The molecular weight excluding hydrogens is 372 g/mol. The van der Waals surface area contributed by atoms with Gasteiger partial charge in [-0.1, -0.05) is 0 Å². The zero-order valence-corrected chi connectivity index (χ0v) is 17.4. The molecule has 22 heavy (non-hydrogen) atoms. The van der Waals surface area contributed by atoms with Gasteiger partial charge in [-0.25, -0.2) is 4.31 Å². The summed E-state index contributed by atoms with van der Waals surface area (Å²) in [6.07, 6.45) is -6.29. The molecule has 120 valence electrons. The maximum absolute atomic E-state index is 11.2. The molecule has 0 heterocycles. The van der Waals surface area contributed by atoms with E-state index < -0.39 is 53.0 Å². The standard InChI is InChI=1S/C6H14O12P2.2Na/c7-1-3(8)5(10)6(11)4(9)2-17-20(15,16)18-19(12,13)14;;/h3,5-8,10-11H,1-2H2,(H,15,16)(H2,12,13,14);;/q;2*+1/p-2/t3-,5-,6-;;/m1../s1. The number of ketones is 1. The van der Waals surface area contributed by atoms with Gasteiger partial charge in [0.1, 0.15) is 24.9 Å². The summed E-state index contributed by atoms with van der Waals surface area (Å²) in [5, 5.41) is 35.7. The molecule has 0 fully saturated rings. The summed E-state index contributed by atoms with van der Waals surface area (Å²) in [5.41, 5.74) is 0. The smallest absolute Gasteiger partial charge is 0.756 e. The minimum absolute atomic E-state index is 0. The van der Waals surface area contributed by atoms with Gasteiger partial charge in [0.2, 0.25) is 0 Å². The van der Waals surface area contributed by atoms with Crippen molar-refractivity contribution in [2.45, 2.75) is 18.3 Å². The molecule has 16 heteroatoms. The monoisotopic (exact) mass is 384 g/mol. The molecule has 0 spiro atoms. The van der Waals surface area contributed by atoms with Crippen molar-refractivity contribution >= 4 is 21.4 Å². The number of carbonyl (C=O) groups is 1. The molecule has 0 rings (SSSR count). The van der Waals surface area contributed by atoms with Crippen LogP contribution in [-0.2, 0) is 22.8 Å². The Hall–Kier alpha value is 1.77. The third-order valence-corrected chi connectivity index (χ3v) is 3.87. The molecule has 5 N–H and O–H groups in total. The summed E-state index contributed by atoms with van der Waals surface area (Å²) in [7, 11) is -11.2. The minimum Gasteiger partial charge on any atom is -0.756 e. The summed E-state index contributed by atoms with van der Waals surface area (Å²) < 4.78 is 27.8. The predicted octanol–water partition coefficient (Wildman–Crippen LogP) is -10.4. The second-order valence-corrected chi connectivity index (χ2v) is 6.17. The summed E-state index contributed by atoms with van der Waals surface area (Å²) in [4.78, 5) is 40.2. The number of aliphatic hydroxyl groups is 4. The van der Waals surface area contributed by atoms with Crippen molar-refractivity contribution in [1.29, 1.82) is 0 Å². The van der Waals surface area contributed by atoms with Gasteiger partial charge in [0.05, 0.1) is 6.61 Å². The summed E-state index contributed by atoms with van der Waals surface area (Å²) in [6.45, 7) is -2.42. The first-order valence-electron chi connectivity index (χ1n) is 4.78. The zero-order chi connectivity index (χ0) is 16.1. The summed E-state index contributed by atoms with van der Waals surface area (Å²) >= 11 is 0. The van der Waals surface area contributed by atoms with Crippen molar-refractivity contribution in [2.24, 2.45) is 0 Å². The van der Waals surface area contributed by atoms with E-state index in [1.165, 1.54) is 0 Å². The van der Waals surface area contributed by atoms with Crippen molar-refractivity contribution in [3.05, 3.63) is 0 Å². The van der Waals surface area contributed by atoms with Crippen LogP contribution in [0.25, 0.3) is 0 Å². The molecule has 0 saturated heterocycles. The number of Topliss-reactive ketones (excluding diaryl/α,β-unsaturated/α-hetero) is 1. The molecule has 0 amide bonds. The quantitative estimate of drug-likeness (QED) is 0.185. The Kier molecular flexibility index (Phi) is 15.8. The molecule has 0 aliphatic rings. The molecule has 0 radical (unpaired) electrons. The molecule has 0 aromatic carbocycles. The number of rotatable bonds is 9. The van der Waals surface area contributed by atoms with Crippen LogP contribution in [-0.4, -0.2) is 62.6 Å². The summed E-state index contributed by atoms with van der Waals surface area (Å²) in [5.74, 6) is -1.46. The first kappa shape index (κ1) is 28.6. The molecule has 12 nitrogen and oxygen atoms in total. The van der Waals surface area contributed by atoms with Crippen molar-refractivity contribution < 1.29 is 117 Å². The molecule has 2 unspecified atom stereocenters. The first-order chi connectivity index (χ1) is 8.89. The average Bonchev–Trinajstić information content (AvgIpc) is 2.30. The second-order valence-electron chi connectivity index (χ2n) is 3.42. The van der Waals surface area contributed by atoms with Gasteiger partial charge in [-0.15, -0.1) is 0 Å². The normalized spacial score (nSPS) is 20.3. The maximum Gasteiger partial charge on any atom is 1.00 e. The average molecular weight is 384 g/mol. The Morgan fingerprint density at radius 2 is 1.59 bits per heavy atom. The maximum atomic E-state index is 11.2. The Bertz CT molecular complexity index is 426. The molecular formula is C6H12Na2O12P2. The second kappa shape index (κ2) is 12.2. The SMILES string of the molecule is O=C(COP(=O)([O-])OP(=O)([O-])O)[C@@H](O)[C@H](O)[C@H](O)CO.[Na+].[Na+]. The largest absolute Gasteiger partial charge is 1.00 e. The topological polar surface area (TPSA) is 217 Å². The van der Waals surface area contributed by atoms with Crippen LogP contribution in [0.5, 0.6) is 0 Å². The molecule has 0 bridgehead atoms. The van der Waals surface area contributed by atoms with E-state index in [9.17, 15) is 23.7 Å². The van der Waals surface area contributed by atoms with E-state index in [2.05, 4.69) is 8.83 Å². The number of phosphoric acid groups is 2. The van der Waals surface area contributed by atoms with Crippen molar-refractivity contribution in [2.75, 3.05) is 13.2 Å². The van der Waals surface area contributed by atoms with Gasteiger partial charge in [-0.3, -0.25) is 13.9 Å². The van der Waals surface area contributed by atoms with Gasteiger partial charge >= 0.3 is 59.1 Å². The van der Waals surface area contributed by atoms with Crippen LogP contribution in [0, 0.1) is 0 Å². The van der Waals surface area contributed by atoms with Crippen molar-refractivity contribution in [1.82, 2.24) is 0 Å². The molecule has 0 aromatic heterocycles. The Morgan fingerprint density at radius 1 is 1.14 bits per heavy atom. The van der Waals surface area contributed by atoms with Crippen molar-refractivity contribution in [3.8, 4) is 0 Å². The van der Waals surface area contributed by atoms with E-state index in [4.69, 9.17) is 25.3 Å². The van der Waals surface area contributed by atoms with Crippen LogP contribution >= 0.6 is 15.6 Å². The third kappa shape index (κ3) is 12.2. The number of hydrogen-bond acceptors (Lipinski definition) is 11. The van der Waals surface area contributed by atoms with Crippen LogP contribution in [0.4, 0.5) is 0 Å². The molecule has 0 aliphatic carbocycles. The Balaban J connectivity index is -0.00000180. The van der Waals surface area contributed by atoms with Gasteiger partial charge in [0.15, 0.2) is 5.78 Å².